The summed E-state index contributed by atoms with van der Waals surface area (Å²) >= 11 is 0. The summed E-state index contributed by atoms with van der Waals surface area (Å²) in [5.74, 6) is 1.63. The summed E-state index contributed by atoms with van der Waals surface area (Å²) in [6, 6.07) is 9.36. The molecule has 0 amide bonds. The third-order valence-corrected chi connectivity index (χ3v) is 2.58. The Hall–Kier alpha value is -2.63. The van der Waals surface area contributed by atoms with E-state index < -0.39 is 0 Å². The van der Waals surface area contributed by atoms with E-state index in [-0.39, 0.29) is 0 Å². The molecule has 96 valence electrons. The lowest BCUT2D eigenvalue weighted by Gasteiger charge is -2.05. The van der Waals surface area contributed by atoms with E-state index in [2.05, 4.69) is 20.3 Å². The third kappa shape index (κ3) is 2.20. The standard InChI is InChI=1S/C13H12N4O2/c1-2-18-11-6-4-3-5-9(11)12-15-13(19-17-12)10-7-8-14-16-10/h3-8H,2H2,1H3,(H,14,16). The van der Waals surface area contributed by atoms with Crippen molar-refractivity contribution >= 4 is 0 Å². The lowest BCUT2D eigenvalue weighted by atomic mass is 10.2. The van der Waals surface area contributed by atoms with Crippen LogP contribution in [0.15, 0.2) is 41.1 Å². The van der Waals surface area contributed by atoms with Gasteiger partial charge in [0.05, 0.1) is 12.2 Å². The number of nitrogens with zero attached hydrogens (tertiary/aromatic N) is 3. The average Bonchev–Trinajstić information content (AvgIpc) is 3.11. The minimum Gasteiger partial charge on any atom is -0.493 e. The number of rotatable bonds is 4. The van der Waals surface area contributed by atoms with Crippen molar-refractivity contribution < 1.29 is 9.26 Å². The molecule has 3 rings (SSSR count). The number of H-pyrrole nitrogens is 1. The highest BCUT2D eigenvalue weighted by atomic mass is 16.5. The highest BCUT2D eigenvalue weighted by Gasteiger charge is 2.14. The Labute approximate surface area is 109 Å². The van der Waals surface area contributed by atoms with Gasteiger partial charge in [0.2, 0.25) is 5.82 Å². The van der Waals surface area contributed by atoms with Crippen LogP contribution in [0.1, 0.15) is 6.92 Å². The maximum Gasteiger partial charge on any atom is 0.276 e. The zero-order valence-electron chi connectivity index (χ0n) is 10.3. The number of hydrogen-bond acceptors (Lipinski definition) is 5. The largest absolute Gasteiger partial charge is 0.493 e. The summed E-state index contributed by atoms with van der Waals surface area (Å²) in [6.07, 6.45) is 1.63. The topological polar surface area (TPSA) is 76.8 Å². The summed E-state index contributed by atoms with van der Waals surface area (Å²) in [7, 11) is 0. The molecule has 0 fully saturated rings. The molecule has 0 aliphatic carbocycles. The third-order valence-electron chi connectivity index (χ3n) is 2.58. The number of aromatic amines is 1. The van der Waals surface area contributed by atoms with Crippen LogP contribution in [0.2, 0.25) is 0 Å². The van der Waals surface area contributed by atoms with E-state index in [1.165, 1.54) is 0 Å². The van der Waals surface area contributed by atoms with E-state index in [1.54, 1.807) is 12.3 Å². The molecular weight excluding hydrogens is 244 g/mol. The summed E-state index contributed by atoms with van der Waals surface area (Å²) in [4.78, 5) is 4.34. The highest BCUT2D eigenvalue weighted by Crippen LogP contribution is 2.28. The van der Waals surface area contributed by atoms with Crippen LogP contribution in [0, 0.1) is 0 Å². The number of para-hydroxylation sites is 1. The molecule has 6 heteroatoms. The lowest BCUT2D eigenvalue weighted by Crippen LogP contribution is -1.94. The SMILES string of the molecule is CCOc1ccccc1-c1noc(-c2ccn[nH]2)n1. The van der Waals surface area contributed by atoms with Crippen molar-refractivity contribution in [3.8, 4) is 28.7 Å². The average molecular weight is 256 g/mol. The minimum absolute atomic E-state index is 0.402. The van der Waals surface area contributed by atoms with Gasteiger partial charge >= 0.3 is 0 Å². The molecule has 1 aromatic carbocycles. The smallest absolute Gasteiger partial charge is 0.276 e. The molecule has 0 spiro atoms. The van der Waals surface area contributed by atoms with Gasteiger partial charge in [-0.25, -0.2) is 0 Å². The fourth-order valence-electron chi connectivity index (χ4n) is 1.75. The van der Waals surface area contributed by atoms with Crippen LogP contribution in [-0.4, -0.2) is 26.9 Å². The van der Waals surface area contributed by atoms with Gasteiger partial charge in [-0.3, -0.25) is 5.10 Å². The molecular formula is C13H12N4O2. The van der Waals surface area contributed by atoms with Gasteiger partial charge in [-0.1, -0.05) is 17.3 Å². The molecule has 0 aliphatic rings. The van der Waals surface area contributed by atoms with Crippen LogP contribution in [-0.2, 0) is 0 Å². The fraction of sp³-hybridized carbons (Fsp3) is 0.154. The van der Waals surface area contributed by atoms with E-state index in [0.717, 1.165) is 11.3 Å². The molecule has 19 heavy (non-hydrogen) atoms. The number of nitrogens with one attached hydrogen (secondary N) is 1. The van der Waals surface area contributed by atoms with E-state index in [4.69, 9.17) is 9.26 Å². The maximum atomic E-state index is 5.55. The molecule has 3 aromatic rings. The van der Waals surface area contributed by atoms with Gasteiger partial charge in [0.25, 0.3) is 5.89 Å². The number of aromatic nitrogens is 4. The monoisotopic (exact) mass is 256 g/mol. The van der Waals surface area contributed by atoms with E-state index >= 15 is 0 Å². The first-order chi connectivity index (χ1) is 9.38. The van der Waals surface area contributed by atoms with Crippen LogP contribution in [0.4, 0.5) is 0 Å². The molecule has 0 aliphatic heterocycles. The van der Waals surface area contributed by atoms with Gasteiger partial charge < -0.3 is 9.26 Å². The molecule has 1 N–H and O–H groups in total. The first-order valence-electron chi connectivity index (χ1n) is 5.94. The van der Waals surface area contributed by atoms with Gasteiger partial charge in [-0.2, -0.15) is 10.1 Å². The molecule has 0 saturated carbocycles. The van der Waals surface area contributed by atoms with Gasteiger partial charge in [0, 0.05) is 6.20 Å². The van der Waals surface area contributed by atoms with Crippen molar-refractivity contribution in [1.29, 1.82) is 0 Å². The zero-order chi connectivity index (χ0) is 13.1. The van der Waals surface area contributed by atoms with Crippen molar-refractivity contribution in [2.45, 2.75) is 6.92 Å². The van der Waals surface area contributed by atoms with Crippen LogP contribution in [0.5, 0.6) is 5.75 Å². The summed E-state index contributed by atoms with van der Waals surface area (Å²) in [5.41, 5.74) is 1.49. The normalized spacial score (nSPS) is 10.6. The van der Waals surface area contributed by atoms with Gasteiger partial charge in [-0.05, 0) is 25.1 Å². The Kier molecular flexibility index (Phi) is 2.97. The van der Waals surface area contributed by atoms with Crippen molar-refractivity contribution in [3.63, 3.8) is 0 Å². The van der Waals surface area contributed by atoms with Gasteiger partial charge in [0.1, 0.15) is 11.4 Å². The van der Waals surface area contributed by atoms with Crippen LogP contribution in [0.25, 0.3) is 23.0 Å². The molecule has 2 aromatic heterocycles. The molecule has 6 nitrogen and oxygen atoms in total. The zero-order valence-corrected chi connectivity index (χ0v) is 10.3. The summed E-state index contributed by atoms with van der Waals surface area (Å²) in [5, 5.41) is 10.6. The molecule has 2 heterocycles. The maximum absolute atomic E-state index is 5.55. The Morgan fingerprint density at radius 1 is 1.26 bits per heavy atom. The van der Waals surface area contributed by atoms with Crippen molar-refractivity contribution in [3.05, 3.63) is 36.5 Å². The summed E-state index contributed by atoms with van der Waals surface area (Å²) in [6.45, 7) is 2.52. The second-order valence-corrected chi connectivity index (χ2v) is 3.82. The number of ether oxygens (including phenoxy) is 1. The Morgan fingerprint density at radius 3 is 2.95 bits per heavy atom. The van der Waals surface area contributed by atoms with Crippen molar-refractivity contribution in [2.24, 2.45) is 0 Å². The van der Waals surface area contributed by atoms with Crippen LogP contribution < -0.4 is 4.74 Å². The predicted molar refractivity (Wildman–Crippen MR) is 68.5 cm³/mol. The number of benzene rings is 1. The Bertz CT molecular complexity index is 661. The van der Waals surface area contributed by atoms with E-state index in [0.29, 0.717) is 24.0 Å². The molecule has 0 unspecified atom stereocenters. The first kappa shape index (κ1) is 11.5. The number of hydrogen-bond donors (Lipinski definition) is 1. The van der Waals surface area contributed by atoms with Crippen molar-refractivity contribution in [2.75, 3.05) is 6.61 Å². The van der Waals surface area contributed by atoms with Gasteiger partial charge in [0.15, 0.2) is 0 Å². The summed E-state index contributed by atoms with van der Waals surface area (Å²) < 4.78 is 10.8. The van der Waals surface area contributed by atoms with Gasteiger partial charge in [-0.15, -0.1) is 0 Å². The van der Waals surface area contributed by atoms with Crippen LogP contribution in [0.3, 0.4) is 0 Å². The lowest BCUT2D eigenvalue weighted by molar-refractivity contribution is 0.341. The Morgan fingerprint density at radius 2 is 2.16 bits per heavy atom. The Balaban J connectivity index is 1.99. The fourth-order valence-corrected chi connectivity index (χ4v) is 1.75. The predicted octanol–water partition coefficient (Wildman–Crippen LogP) is 2.53. The second-order valence-electron chi connectivity index (χ2n) is 3.82. The highest BCUT2D eigenvalue weighted by molar-refractivity contribution is 5.65. The quantitative estimate of drug-likeness (QED) is 0.776. The second kappa shape index (κ2) is 4.93. The van der Waals surface area contributed by atoms with E-state index in [1.807, 2.05) is 31.2 Å². The van der Waals surface area contributed by atoms with Crippen LogP contribution >= 0.6 is 0 Å². The molecule has 0 bridgehead atoms. The molecule has 0 radical (unpaired) electrons. The molecule has 0 atom stereocenters. The molecule has 0 saturated heterocycles. The van der Waals surface area contributed by atoms with E-state index in [9.17, 15) is 0 Å². The minimum atomic E-state index is 0.402. The first-order valence-corrected chi connectivity index (χ1v) is 5.94. The van der Waals surface area contributed by atoms with Crippen molar-refractivity contribution in [1.82, 2.24) is 20.3 Å².